The van der Waals surface area contributed by atoms with Gasteiger partial charge in [-0.2, -0.15) is 0 Å². The molecule has 1 unspecified atom stereocenters. The van der Waals surface area contributed by atoms with Gasteiger partial charge in [0.1, 0.15) is 5.65 Å². The molecule has 2 amide bonds. The maximum atomic E-state index is 13.0. The second-order valence-electron chi connectivity index (χ2n) is 8.80. The van der Waals surface area contributed by atoms with Crippen LogP contribution in [0.5, 0.6) is 0 Å². The molecule has 1 saturated carbocycles. The normalized spacial score (nSPS) is 17.8. The SMILES string of the molecule is CC(C(=O)NC1CC1)N1CCN(C(=O)c2ccc(SCc3cn4ccccc4n3)cc2)CC1. The predicted octanol–water partition coefficient (Wildman–Crippen LogP) is 3.05. The van der Waals surface area contributed by atoms with Crippen LogP contribution >= 0.6 is 11.8 Å². The lowest BCUT2D eigenvalue weighted by Gasteiger charge is -2.37. The number of hydrogen-bond acceptors (Lipinski definition) is 5. The van der Waals surface area contributed by atoms with E-state index in [-0.39, 0.29) is 17.9 Å². The number of nitrogens with one attached hydrogen (secondary N) is 1. The first-order valence-electron chi connectivity index (χ1n) is 11.6. The lowest BCUT2D eigenvalue weighted by Crippen LogP contribution is -2.55. The number of rotatable bonds is 7. The van der Waals surface area contributed by atoms with E-state index in [1.165, 1.54) is 0 Å². The van der Waals surface area contributed by atoms with E-state index in [2.05, 4.69) is 21.4 Å². The summed E-state index contributed by atoms with van der Waals surface area (Å²) in [6.45, 7) is 4.68. The average molecular weight is 464 g/mol. The lowest BCUT2D eigenvalue weighted by atomic mass is 10.1. The van der Waals surface area contributed by atoms with E-state index in [4.69, 9.17) is 0 Å². The average Bonchev–Trinajstić information content (AvgIpc) is 3.57. The van der Waals surface area contributed by atoms with Crippen LogP contribution in [0.2, 0.25) is 0 Å². The second-order valence-corrected chi connectivity index (χ2v) is 9.85. The van der Waals surface area contributed by atoms with Crippen molar-refractivity contribution < 1.29 is 9.59 Å². The zero-order valence-corrected chi connectivity index (χ0v) is 19.6. The Morgan fingerprint density at radius 3 is 2.55 bits per heavy atom. The number of thioether (sulfide) groups is 1. The maximum absolute atomic E-state index is 13.0. The Hall–Kier alpha value is -2.84. The summed E-state index contributed by atoms with van der Waals surface area (Å²) < 4.78 is 2.03. The van der Waals surface area contributed by atoms with Gasteiger partial charge in [-0.1, -0.05) is 6.07 Å². The Labute approximate surface area is 198 Å². The summed E-state index contributed by atoms with van der Waals surface area (Å²) in [6, 6.07) is 14.0. The molecule has 1 aliphatic carbocycles. The van der Waals surface area contributed by atoms with E-state index in [0.717, 1.165) is 47.9 Å². The fourth-order valence-corrected chi connectivity index (χ4v) is 4.90. The molecule has 2 fully saturated rings. The Kier molecular flexibility index (Phi) is 6.37. The van der Waals surface area contributed by atoms with Crippen LogP contribution in [0, 0.1) is 0 Å². The number of carbonyl (C=O) groups is 2. The van der Waals surface area contributed by atoms with Gasteiger partial charge >= 0.3 is 0 Å². The third-order valence-electron chi connectivity index (χ3n) is 6.35. The summed E-state index contributed by atoms with van der Waals surface area (Å²) in [5.41, 5.74) is 2.69. The molecule has 5 rings (SSSR count). The standard InChI is InChI=1S/C25H29N5O2S/c1-18(24(31)27-20-7-8-20)28-12-14-29(15-13-28)25(32)19-5-9-22(10-6-19)33-17-21-16-30-11-3-2-4-23(30)26-21/h2-6,9-11,16,18,20H,7-8,12-15,17H2,1H3,(H,27,31). The van der Waals surface area contributed by atoms with Crippen molar-refractivity contribution in [3.8, 4) is 0 Å². The minimum absolute atomic E-state index is 0.0571. The van der Waals surface area contributed by atoms with Crippen LogP contribution in [0.1, 0.15) is 35.8 Å². The number of aromatic nitrogens is 2. The molecule has 1 N–H and O–H groups in total. The fraction of sp³-hybridized carbons (Fsp3) is 0.400. The first-order chi connectivity index (χ1) is 16.1. The molecule has 3 heterocycles. The number of hydrogen-bond donors (Lipinski definition) is 1. The summed E-state index contributed by atoms with van der Waals surface area (Å²) in [7, 11) is 0. The van der Waals surface area contributed by atoms with Crippen molar-refractivity contribution in [2.45, 2.75) is 42.5 Å². The van der Waals surface area contributed by atoms with E-state index in [1.807, 2.05) is 64.9 Å². The molecule has 1 saturated heterocycles. The summed E-state index contributed by atoms with van der Waals surface area (Å²) in [4.78, 5) is 35.1. The summed E-state index contributed by atoms with van der Waals surface area (Å²) in [5, 5.41) is 3.08. The quantitative estimate of drug-likeness (QED) is 0.546. The molecule has 0 radical (unpaired) electrons. The molecule has 8 heteroatoms. The van der Waals surface area contributed by atoms with Crippen molar-refractivity contribution >= 4 is 29.2 Å². The van der Waals surface area contributed by atoms with Crippen LogP contribution in [0.25, 0.3) is 5.65 Å². The molecule has 33 heavy (non-hydrogen) atoms. The minimum Gasteiger partial charge on any atom is -0.352 e. The molecule has 1 atom stereocenters. The molecular weight excluding hydrogens is 434 g/mol. The smallest absolute Gasteiger partial charge is 0.253 e. The van der Waals surface area contributed by atoms with Crippen molar-refractivity contribution in [2.75, 3.05) is 26.2 Å². The van der Waals surface area contributed by atoms with Crippen molar-refractivity contribution in [3.63, 3.8) is 0 Å². The maximum Gasteiger partial charge on any atom is 0.253 e. The van der Waals surface area contributed by atoms with Crippen LogP contribution in [0.3, 0.4) is 0 Å². The van der Waals surface area contributed by atoms with Gasteiger partial charge in [0, 0.05) is 60.8 Å². The highest BCUT2D eigenvalue weighted by Crippen LogP contribution is 2.24. The highest BCUT2D eigenvalue weighted by Gasteiger charge is 2.31. The Morgan fingerprint density at radius 2 is 1.85 bits per heavy atom. The fourth-order valence-electron chi connectivity index (χ4n) is 4.12. The number of piperazine rings is 1. The topological polar surface area (TPSA) is 70.0 Å². The first-order valence-corrected chi connectivity index (χ1v) is 12.5. The number of fused-ring (bicyclic) bond motifs is 1. The van der Waals surface area contributed by atoms with Gasteiger partial charge in [0.15, 0.2) is 0 Å². The molecule has 7 nitrogen and oxygen atoms in total. The van der Waals surface area contributed by atoms with Gasteiger partial charge in [-0.25, -0.2) is 4.98 Å². The number of carbonyl (C=O) groups excluding carboxylic acids is 2. The monoisotopic (exact) mass is 463 g/mol. The number of benzene rings is 1. The third kappa shape index (κ3) is 5.23. The second kappa shape index (κ2) is 9.57. The zero-order chi connectivity index (χ0) is 22.8. The van der Waals surface area contributed by atoms with Gasteiger partial charge in [-0.05, 0) is 56.2 Å². The van der Waals surface area contributed by atoms with Crippen molar-refractivity contribution in [1.29, 1.82) is 0 Å². The number of nitrogens with zero attached hydrogens (tertiary/aromatic N) is 4. The summed E-state index contributed by atoms with van der Waals surface area (Å²) >= 11 is 1.71. The van der Waals surface area contributed by atoms with Crippen molar-refractivity contribution in [2.24, 2.45) is 0 Å². The van der Waals surface area contributed by atoms with Crippen LogP contribution in [-0.4, -0.2) is 69.3 Å². The first kappa shape index (κ1) is 22.0. The lowest BCUT2D eigenvalue weighted by molar-refractivity contribution is -0.126. The van der Waals surface area contributed by atoms with Gasteiger partial charge in [0.05, 0.1) is 11.7 Å². The number of imidazole rings is 1. The summed E-state index contributed by atoms with van der Waals surface area (Å²) in [6.07, 6.45) is 6.24. The Morgan fingerprint density at radius 1 is 1.09 bits per heavy atom. The van der Waals surface area contributed by atoms with Crippen LogP contribution in [0.15, 0.2) is 59.8 Å². The Balaban J connectivity index is 1.11. The Bertz CT molecular complexity index is 1100. The molecule has 0 spiro atoms. The molecule has 172 valence electrons. The van der Waals surface area contributed by atoms with Gasteiger partial charge in [-0.3, -0.25) is 14.5 Å². The molecule has 1 aromatic carbocycles. The highest BCUT2D eigenvalue weighted by molar-refractivity contribution is 7.98. The van der Waals surface area contributed by atoms with E-state index in [1.54, 1.807) is 11.8 Å². The number of pyridine rings is 1. The van der Waals surface area contributed by atoms with Crippen molar-refractivity contribution in [1.82, 2.24) is 24.5 Å². The molecule has 1 aliphatic heterocycles. The van der Waals surface area contributed by atoms with Gasteiger partial charge in [0.25, 0.3) is 5.91 Å². The predicted molar refractivity (Wildman–Crippen MR) is 129 cm³/mol. The van der Waals surface area contributed by atoms with E-state index < -0.39 is 0 Å². The van der Waals surface area contributed by atoms with E-state index in [0.29, 0.717) is 24.7 Å². The molecule has 2 aromatic heterocycles. The van der Waals surface area contributed by atoms with Gasteiger partial charge in [-0.15, -0.1) is 11.8 Å². The van der Waals surface area contributed by atoms with Gasteiger partial charge < -0.3 is 14.6 Å². The van der Waals surface area contributed by atoms with Crippen LogP contribution in [-0.2, 0) is 10.5 Å². The molecule has 3 aromatic rings. The van der Waals surface area contributed by atoms with E-state index in [9.17, 15) is 9.59 Å². The molecule has 2 aliphatic rings. The number of amides is 2. The van der Waals surface area contributed by atoms with E-state index >= 15 is 0 Å². The highest BCUT2D eigenvalue weighted by atomic mass is 32.2. The molecular formula is C25H29N5O2S. The summed E-state index contributed by atoms with van der Waals surface area (Å²) in [5.74, 6) is 0.944. The van der Waals surface area contributed by atoms with Crippen LogP contribution < -0.4 is 5.32 Å². The third-order valence-corrected chi connectivity index (χ3v) is 7.40. The molecule has 0 bridgehead atoms. The van der Waals surface area contributed by atoms with Crippen molar-refractivity contribution in [3.05, 3.63) is 66.1 Å². The zero-order valence-electron chi connectivity index (χ0n) is 18.8. The van der Waals surface area contributed by atoms with Crippen LogP contribution in [0.4, 0.5) is 0 Å². The largest absolute Gasteiger partial charge is 0.352 e. The van der Waals surface area contributed by atoms with Gasteiger partial charge in [0.2, 0.25) is 5.91 Å². The minimum atomic E-state index is -0.146.